The number of carbonyl (C=O) groups is 2. The lowest BCUT2D eigenvalue weighted by atomic mass is 9.46. The Kier molecular flexibility index (Phi) is 7.57. The highest BCUT2D eigenvalue weighted by Gasteiger charge is 2.81. The molecule has 0 bridgehead atoms. The second-order valence-corrected chi connectivity index (χ2v) is 18.4. The molecule has 2 spiro atoms. The number of hydrogen-bond acceptors (Lipinski definition) is 6. The highest BCUT2D eigenvalue weighted by Crippen LogP contribution is 2.87. The molecule has 5 saturated carbocycles. The summed E-state index contributed by atoms with van der Waals surface area (Å²) < 4.78 is 24.9. The van der Waals surface area contributed by atoms with Crippen molar-refractivity contribution < 1.29 is 28.5 Å². The van der Waals surface area contributed by atoms with Gasteiger partial charge in [-0.25, -0.2) is 9.59 Å². The van der Waals surface area contributed by atoms with Gasteiger partial charge >= 0.3 is 12.2 Å². The number of rotatable bonds is 5. The molecule has 3 aliphatic heterocycles. The zero-order valence-corrected chi connectivity index (χ0v) is 29.4. The number of nitrogens with zero attached hydrogens (tertiary/aromatic N) is 1. The molecule has 8 heteroatoms. The summed E-state index contributed by atoms with van der Waals surface area (Å²) in [5.74, 6) is 3.46. The minimum Gasteiger partial charge on any atom is -0.446 e. The quantitative estimate of drug-likeness (QED) is 0.342. The minimum absolute atomic E-state index is 0.0170. The van der Waals surface area contributed by atoms with Crippen LogP contribution < -0.4 is 5.32 Å². The molecule has 1 N–H and O–H groups in total. The highest BCUT2D eigenvalue weighted by molar-refractivity contribution is 5.69. The maximum atomic E-state index is 12.9. The van der Waals surface area contributed by atoms with E-state index >= 15 is 0 Å². The first-order valence-corrected chi connectivity index (χ1v) is 19.1. The first-order valence-electron chi connectivity index (χ1n) is 19.1. The third-order valence-corrected chi connectivity index (χ3v) is 15.8. The lowest BCUT2D eigenvalue weighted by molar-refractivity contribution is -0.167. The molecule has 8 rings (SSSR count). The Bertz CT molecular complexity index is 1210. The number of ether oxygens (including phenoxy) is 4. The topological polar surface area (TPSA) is 86.3 Å². The lowest BCUT2D eigenvalue weighted by Crippen LogP contribution is -2.56. The molecular formula is C38H60N2O6. The SMILES string of the molecule is CC(C)C(OC(=O)N1CCC1)C1CC(C)C2C(CC3C4CCC5C(C)(C)C(OC(=O)NC6CCOC6)CCC56CC46CCC32C)O1. The van der Waals surface area contributed by atoms with Gasteiger partial charge in [-0.15, -0.1) is 0 Å². The summed E-state index contributed by atoms with van der Waals surface area (Å²) in [4.78, 5) is 27.6. The van der Waals surface area contributed by atoms with Gasteiger partial charge in [-0.1, -0.05) is 41.5 Å². The molecule has 2 amide bonds. The van der Waals surface area contributed by atoms with Crippen LogP contribution in [0, 0.1) is 57.2 Å². The smallest absolute Gasteiger partial charge is 0.410 e. The molecule has 13 unspecified atom stereocenters. The van der Waals surface area contributed by atoms with Gasteiger partial charge in [0.2, 0.25) is 0 Å². The third-order valence-electron chi connectivity index (χ3n) is 15.8. The monoisotopic (exact) mass is 640 g/mol. The largest absolute Gasteiger partial charge is 0.446 e. The Balaban J connectivity index is 0.971. The van der Waals surface area contributed by atoms with Crippen LogP contribution in [0.5, 0.6) is 0 Å². The van der Waals surface area contributed by atoms with Gasteiger partial charge in [-0.05, 0) is 122 Å². The number of nitrogens with one attached hydrogen (secondary N) is 1. The Morgan fingerprint density at radius 2 is 1.76 bits per heavy atom. The zero-order chi connectivity index (χ0) is 32.2. The number of amides is 2. The van der Waals surface area contributed by atoms with Crippen LogP contribution >= 0.6 is 0 Å². The highest BCUT2D eigenvalue weighted by atomic mass is 16.6. The molecule has 0 aromatic heterocycles. The van der Waals surface area contributed by atoms with Gasteiger partial charge in [0.25, 0.3) is 0 Å². The predicted octanol–water partition coefficient (Wildman–Crippen LogP) is 7.19. The van der Waals surface area contributed by atoms with E-state index in [4.69, 9.17) is 18.9 Å². The van der Waals surface area contributed by atoms with E-state index in [0.29, 0.717) is 53.1 Å². The second-order valence-electron chi connectivity index (χ2n) is 18.4. The van der Waals surface area contributed by atoms with Gasteiger partial charge in [0, 0.05) is 25.1 Å². The standard InChI is InChI=1S/C38H60N2O6/c1-22(2)32(46-34(42)40-15-7-16-40)28-18-23(3)31-27(44-28)19-26-25-8-9-29-35(4,5)30(45-33(41)39-24-11-17-43-20-24)10-12-38(29)21-37(25,38)14-13-36(26,31)6/h22-32H,7-21H2,1-6H3,(H,39,41). The van der Waals surface area contributed by atoms with Crippen molar-refractivity contribution in [2.75, 3.05) is 26.3 Å². The van der Waals surface area contributed by atoms with Gasteiger partial charge in [0.1, 0.15) is 12.2 Å². The third kappa shape index (κ3) is 4.56. The molecular weight excluding hydrogens is 580 g/mol. The van der Waals surface area contributed by atoms with Gasteiger partial charge in [0.15, 0.2) is 0 Å². The van der Waals surface area contributed by atoms with Crippen LogP contribution in [0.15, 0.2) is 0 Å². The summed E-state index contributed by atoms with van der Waals surface area (Å²) >= 11 is 0. The fourth-order valence-electron chi connectivity index (χ4n) is 13.6. The predicted molar refractivity (Wildman–Crippen MR) is 174 cm³/mol. The van der Waals surface area contributed by atoms with Crippen molar-refractivity contribution in [1.29, 1.82) is 0 Å². The van der Waals surface area contributed by atoms with E-state index in [1.54, 1.807) is 0 Å². The summed E-state index contributed by atoms with van der Waals surface area (Å²) in [6.45, 7) is 17.2. The van der Waals surface area contributed by atoms with Crippen LogP contribution in [0.2, 0.25) is 0 Å². The van der Waals surface area contributed by atoms with Gasteiger partial charge < -0.3 is 29.2 Å². The summed E-state index contributed by atoms with van der Waals surface area (Å²) in [6.07, 6.45) is 12.5. The molecule has 46 heavy (non-hydrogen) atoms. The zero-order valence-electron chi connectivity index (χ0n) is 29.4. The average molecular weight is 641 g/mol. The Hall–Kier alpha value is -1.54. The van der Waals surface area contributed by atoms with Crippen LogP contribution in [-0.4, -0.2) is 73.8 Å². The average Bonchev–Trinajstić information content (AvgIpc) is 3.18. The van der Waals surface area contributed by atoms with Crippen molar-refractivity contribution in [3.63, 3.8) is 0 Å². The van der Waals surface area contributed by atoms with Gasteiger partial charge in [-0.2, -0.15) is 0 Å². The Morgan fingerprint density at radius 1 is 0.957 bits per heavy atom. The molecule has 3 saturated heterocycles. The number of fused-ring (bicyclic) bond motifs is 4. The van der Waals surface area contributed by atoms with Crippen molar-refractivity contribution in [2.45, 2.75) is 143 Å². The Morgan fingerprint density at radius 3 is 2.46 bits per heavy atom. The molecule has 8 nitrogen and oxygen atoms in total. The molecule has 0 aromatic carbocycles. The Labute approximate surface area is 276 Å². The molecule has 5 aliphatic carbocycles. The second kappa shape index (κ2) is 11.0. The maximum absolute atomic E-state index is 12.9. The maximum Gasteiger partial charge on any atom is 0.410 e. The van der Waals surface area contributed by atoms with Crippen molar-refractivity contribution in [3.05, 3.63) is 0 Å². The van der Waals surface area contributed by atoms with Crippen LogP contribution in [0.4, 0.5) is 9.59 Å². The van der Waals surface area contributed by atoms with Gasteiger partial charge in [-0.3, -0.25) is 0 Å². The first kappa shape index (κ1) is 31.7. The summed E-state index contributed by atoms with van der Waals surface area (Å²) in [7, 11) is 0. The molecule has 258 valence electrons. The summed E-state index contributed by atoms with van der Waals surface area (Å²) in [5.41, 5.74) is 1.16. The number of likely N-dealkylation sites (tertiary alicyclic amines) is 1. The van der Waals surface area contributed by atoms with Gasteiger partial charge in [0.05, 0.1) is 24.9 Å². The van der Waals surface area contributed by atoms with Crippen molar-refractivity contribution in [2.24, 2.45) is 57.2 Å². The first-order chi connectivity index (χ1) is 21.9. The normalized spacial score (nSPS) is 48.9. The number of carbonyl (C=O) groups excluding carboxylic acids is 2. The van der Waals surface area contributed by atoms with E-state index in [1.807, 2.05) is 4.90 Å². The molecule has 8 fully saturated rings. The summed E-state index contributed by atoms with van der Waals surface area (Å²) in [5, 5.41) is 3.07. The fraction of sp³-hybridized carbons (Fsp3) is 0.947. The van der Waals surface area contributed by atoms with Crippen LogP contribution in [0.1, 0.15) is 112 Å². The van der Waals surface area contributed by atoms with Crippen LogP contribution in [0.3, 0.4) is 0 Å². The van der Waals surface area contributed by atoms with E-state index in [0.717, 1.165) is 44.7 Å². The summed E-state index contributed by atoms with van der Waals surface area (Å²) in [6, 6.07) is 0.0814. The molecule has 3 heterocycles. The van der Waals surface area contributed by atoms with Crippen molar-refractivity contribution in [3.8, 4) is 0 Å². The van der Waals surface area contributed by atoms with E-state index in [-0.39, 0.29) is 54.0 Å². The van der Waals surface area contributed by atoms with E-state index < -0.39 is 0 Å². The molecule has 8 aliphatic rings. The van der Waals surface area contributed by atoms with Crippen LogP contribution in [-0.2, 0) is 18.9 Å². The van der Waals surface area contributed by atoms with E-state index in [2.05, 4.69) is 46.9 Å². The molecule has 0 aromatic rings. The molecule has 0 radical (unpaired) electrons. The fourth-order valence-corrected chi connectivity index (χ4v) is 13.6. The van der Waals surface area contributed by atoms with E-state index in [9.17, 15) is 9.59 Å². The number of hydrogen-bond donors (Lipinski definition) is 1. The van der Waals surface area contributed by atoms with Crippen LogP contribution in [0.25, 0.3) is 0 Å². The lowest BCUT2D eigenvalue weighted by Gasteiger charge is -2.59. The van der Waals surface area contributed by atoms with E-state index in [1.165, 1.54) is 44.9 Å². The number of alkyl carbamates (subject to hydrolysis) is 1. The minimum atomic E-state index is -0.256. The molecule has 13 atom stereocenters. The van der Waals surface area contributed by atoms with Crippen molar-refractivity contribution in [1.82, 2.24) is 10.2 Å². The van der Waals surface area contributed by atoms with Crippen molar-refractivity contribution >= 4 is 12.2 Å².